The third-order valence-electron chi connectivity index (χ3n) is 2.87. The first-order chi connectivity index (χ1) is 10.0. The smallest absolute Gasteiger partial charge is 0.288 e. The summed E-state index contributed by atoms with van der Waals surface area (Å²) in [4.78, 5) is 4.18. The first-order valence-corrected chi connectivity index (χ1v) is 8.12. The highest BCUT2D eigenvalue weighted by atomic mass is 79.9. The molecular weight excluding hydrogens is 359 g/mol. The number of aromatic nitrogens is 1. The molecular formula is C14H10BrFN2O2S. The molecule has 0 aliphatic rings. The zero-order valence-electron chi connectivity index (χ0n) is 10.7. The van der Waals surface area contributed by atoms with E-state index < -0.39 is 10.8 Å². The number of rotatable bonds is 3. The lowest BCUT2D eigenvalue weighted by molar-refractivity contribution is 0.477. The van der Waals surface area contributed by atoms with E-state index in [1.807, 2.05) is 0 Å². The van der Waals surface area contributed by atoms with Gasteiger partial charge in [-0.25, -0.2) is 13.6 Å². The number of nitrogens with zero attached hydrogens (tertiary/aromatic N) is 1. The highest BCUT2D eigenvalue weighted by Gasteiger charge is 2.14. The Morgan fingerprint density at radius 2 is 2.10 bits per heavy atom. The zero-order chi connectivity index (χ0) is 15.0. The number of nitrogens with two attached hydrogens (primary N) is 1. The second kappa shape index (κ2) is 5.57. The van der Waals surface area contributed by atoms with E-state index in [9.17, 15) is 8.60 Å². The van der Waals surface area contributed by atoms with Crippen LogP contribution in [0.3, 0.4) is 0 Å². The minimum atomic E-state index is -1.45. The van der Waals surface area contributed by atoms with Gasteiger partial charge in [0, 0.05) is 5.69 Å². The number of benzene rings is 2. The molecule has 7 heteroatoms. The van der Waals surface area contributed by atoms with Crippen LogP contribution in [0.2, 0.25) is 0 Å². The van der Waals surface area contributed by atoms with Crippen molar-refractivity contribution in [3.05, 3.63) is 52.3 Å². The lowest BCUT2D eigenvalue weighted by Crippen LogP contribution is -1.97. The average Bonchev–Trinajstić information content (AvgIpc) is 2.86. The largest absolute Gasteiger partial charge is 0.430 e. The molecule has 1 heterocycles. The van der Waals surface area contributed by atoms with E-state index in [0.29, 0.717) is 21.3 Å². The van der Waals surface area contributed by atoms with Crippen molar-refractivity contribution in [2.24, 2.45) is 0 Å². The van der Waals surface area contributed by atoms with E-state index in [1.165, 1.54) is 6.07 Å². The third-order valence-corrected chi connectivity index (χ3v) is 4.64. The maximum atomic E-state index is 13.2. The van der Waals surface area contributed by atoms with Crippen molar-refractivity contribution < 1.29 is 13.0 Å². The van der Waals surface area contributed by atoms with E-state index in [0.717, 1.165) is 5.56 Å². The summed E-state index contributed by atoms with van der Waals surface area (Å²) in [6.07, 6.45) is 0. The van der Waals surface area contributed by atoms with Gasteiger partial charge >= 0.3 is 0 Å². The van der Waals surface area contributed by atoms with Crippen LogP contribution in [0.1, 0.15) is 5.56 Å². The minimum absolute atomic E-state index is 0.135. The molecule has 4 nitrogen and oxygen atoms in total. The maximum absolute atomic E-state index is 13.2. The van der Waals surface area contributed by atoms with Gasteiger partial charge in [0.1, 0.15) is 22.1 Å². The monoisotopic (exact) mass is 368 g/mol. The van der Waals surface area contributed by atoms with Crippen LogP contribution in [0.5, 0.6) is 0 Å². The van der Waals surface area contributed by atoms with E-state index >= 15 is 0 Å². The molecule has 0 fully saturated rings. The molecule has 0 spiro atoms. The van der Waals surface area contributed by atoms with Gasteiger partial charge in [0.2, 0.25) is 0 Å². The Kier molecular flexibility index (Phi) is 3.77. The molecule has 1 aromatic heterocycles. The summed E-state index contributed by atoms with van der Waals surface area (Å²) in [7, 11) is -1.45. The fourth-order valence-corrected chi connectivity index (χ4v) is 3.28. The van der Waals surface area contributed by atoms with Crippen molar-refractivity contribution in [3.63, 3.8) is 0 Å². The molecule has 0 saturated carbocycles. The summed E-state index contributed by atoms with van der Waals surface area (Å²) in [5, 5.41) is 0.135. The van der Waals surface area contributed by atoms with Crippen molar-refractivity contribution >= 4 is 43.5 Å². The highest BCUT2D eigenvalue weighted by Crippen LogP contribution is 2.23. The number of anilines is 1. The van der Waals surface area contributed by atoms with Crippen molar-refractivity contribution in [2.45, 2.75) is 11.0 Å². The summed E-state index contributed by atoms with van der Waals surface area (Å²) in [5.74, 6) is -0.164. The molecule has 1 atom stereocenters. The fourth-order valence-electron chi connectivity index (χ4n) is 1.86. The molecule has 0 saturated heterocycles. The van der Waals surface area contributed by atoms with E-state index in [2.05, 4.69) is 20.9 Å². The standard InChI is InChI=1S/C14H10BrFN2O2S/c15-10-5-8(1-3-11(10)16)7-21(19)14-18-12-6-9(17)2-4-13(12)20-14/h1-6H,7,17H2. The molecule has 0 radical (unpaired) electrons. The van der Waals surface area contributed by atoms with Gasteiger partial charge in [-0.1, -0.05) is 6.07 Å². The van der Waals surface area contributed by atoms with Crippen LogP contribution in [0.25, 0.3) is 11.1 Å². The maximum Gasteiger partial charge on any atom is 0.288 e. The zero-order valence-corrected chi connectivity index (χ0v) is 13.1. The number of nitrogen functional groups attached to an aromatic ring is 1. The Balaban J connectivity index is 1.87. The first-order valence-electron chi connectivity index (χ1n) is 6.01. The second-order valence-corrected chi connectivity index (χ2v) is 6.63. The summed E-state index contributed by atoms with van der Waals surface area (Å²) in [6.45, 7) is 0. The van der Waals surface area contributed by atoms with Crippen LogP contribution >= 0.6 is 15.9 Å². The quantitative estimate of drug-likeness (QED) is 0.716. The molecule has 0 amide bonds. The minimum Gasteiger partial charge on any atom is -0.430 e. The van der Waals surface area contributed by atoms with E-state index in [-0.39, 0.29) is 16.8 Å². The number of hydrogen-bond acceptors (Lipinski definition) is 4. The van der Waals surface area contributed by atoms with Gasteiger partial charge in [0.15, 0.2) is 5.58 Å². The summed E-state index contributed by atoms with van der Waals surface area (Å²) < 4.78 is 31.2. The van der Waals surface area contributed by atoms with Gasteiger partial charge < -0.3 is 10.2 Å². The topological polar surface area (TPSA) is 69.1 Å². The number of fused-ring (bicyclic) bond motifs is 1. The van der Waals surface area contributed by atoms with Crippen molar-refractivity contribution in [3.8, 4) is 0 Å². The van der Waals surface area contributed by atoms with E-state index in [4.69, 9.17) is 10.2 Å². The molecule has 21 heavy (non-hydrogen) atoms. The Bertz CT molecular complexity index is 850. The Morgan fingerprint density at radius 3 is 2.86 bits per heavy atom. The Morgan fingerprint density at radius 1 is 1.29 bits per heavy atom. The Labute approximate surface area is 130 Å². The first kappa shape index (κ1) is 14.2. The van der Waals surface area contributed by atoms with Crippen LogP contribution in [0.4, 0.5) is 10.1 Å². The van der Waals surface area contributed by atoms with Crippen LogP contribution in [0, 0.1) is 5.82 Å². The van der Waals surface area contributed by atoms with Gasteiger partial charge in [0.05, 0.1) is 10.2 Å². The van der Waals surface area contributed by atoms with Crippen molar-refractivity contribution in [1.82, 2.24) is 4.98 Å². The molecule has 1 unspecified atom stereocenters. The normalized spacial score (nSPS) is 12.7. The molecule has 108 valence electrons. The van der Waals surface area contributed by atoms with Crippen molar-refractivity contribution in [2.75, 3.05) is 5.73 Å². The second-order valence-electron chi connectivity index (χ2n) is 4.45. The molecule has 3 rings (SSSR count). The predicted octanol–water partition coefficient (Wildman–Crippen LogP) is 3.62. The van der Waals surface area contributed by atoms with Gasteiger partial charge in [0.25, 0.3) is 5.22 Å². The molecule has 2 N–H and O–H groups in total. The summed E-state index contributed by atoms with van der Waals surface area (Å²) in [6, 6.07) is 9.54. The van der Waals surface area contributed by atoms with E-state index in [1.54, 1.807) is 30.3 Å². The number of halogens is 2. The van der Waals surface area contributed by atoms with Crippen LogP contribution < -0.4 is 5.73 Å². The van der Waals surface area contributed by atoms with Crippen LogP contribution in [-0.4, -0.2) is 9.19 Å². The number of oxazole rings is 1. The molecule has 3 aromatic rings. The summed E-state index contributed by atoms with van der Waals surface area (Å²) >= 11 is 3.10. The average molecular weight is 369 g/mol. The van der Waals surface area contributed by atoms with Crippen LogP contribution in [0.15, 0.2) is 50.5 Å². The molecule has 0 aliphatic carbocycles. The van der Waals surface area contributed by atoms with Gasteiger partial charge in [-0.15, -0.1) is 0 Å². The molecule has 2 aromatic carbocycles. The summed E-state index contributed by atoms with van der Waals surface area (Å²) in [5.41, 5.74) is 8.06. The van der Waals surface area contributed by atoms with Crippen LogP contribution in [-0.2, 0) is 16.6 Å². The molecule has 0 aliphatic heterocycles. The Hall–Kier alpha value is -1.73. The predicted molar refractivity (Wildman–Crippen MR) is 82.6 cm³/mol. The fraction of sp³-hybridized carbons (Fsp3) is 0.0714. The lowest BCUT2D eigenvalue weighted by Gasteiger charge is -2.00. The SMILES string of the molecule is Nc1ccc2oc(S(=O)Cc3ccc(F)c(Br)c3)nc2c1. The van der Waals surface area contributed by atoms with Gasteiger partial charge in [-0.2, -0.15) is 0 Å². The van der Waals surface area contributed by atoms with Gasteiger partial charge in [-0.3, -0.25) is 0 Å². The molecule has 0 bridgehead atoms. The van der Waals surface area contributed by atoms with Crippen molar-refractivity contribution in [1.29, 1.82) is 0 Å². The number of hydrogen-bond donors (Lipinski definition) is 1. The lowest BCUT2D eigenvalue weighted by atomic mass is 10.2. The third kappa shape index (κ3) is 2.98. The van der Waals surface area contributed by atoms with Gasteiger partial charge in [-0.05, 0) is 51.8 Å². The highest BCUT2D eigenvalue weighted by molar-refractivity contribution is 9.10.